The van der Waals surface area contributed by atoms with Crippen molar-refractivity contribution >= 4 is 17.3 Å². The van der Waals surface area contributed by atoms with Crippen LogP contribution in [-0.4, -0.2) is 37.7 Å². The van der Waals surface area contributed by atoms with Crippen molar-refractivity contribution in [1.82, 2.24) is 5.32 Å². The number of amides is 1. The zero-order valence-corrected chi connectivity index (χ0v) is 13.7. The smallest absolute Gasteiger partial charge is 0.226 e. The van der Waals surface area contributed by atoms with Gasteiger partial charge in [0.2, 0.25) is 5.91 Å². The molecular weight excluding hydrogens is 278 g/mol. The summed E-state index contributed by atoms with van der Waals surface area (Å²) in [4.78, 5) is 11.8. The summed E-state index contributed by atoms with van der Waals surface area (Å²) in [7, 11) is 0. The summed E-state index contributed by atoms with van der Waals surface area (Å²) in [6.45, 7) is 8.44. The van der Waals surface area contributed by atoms with Crippen LogP contribution in [0.2, 0.25) is 0 Å². The van der Waals surface area contributed by atoms with Crippen LogP contribution in [-0.2, 0) is 9.53 Å². The number of nitrogens with one attached hydrogen (secondary N) is 3. The Hall–Kier alpha value is -1.59. The van der Waals surface area contributed by atoms with Gasteiger partial charge in [-0.05, 0) is 31.5 Å². The zero-order valence-electron chi connectivity index (χ0n) is 13.7. The van der Waals surface area contributed by atoms with Gasteiger partial charge in [0.15, 0.2) is 0 Å². The molecule has 1 fully saturated rings. The van der Waals surface area contributed by atoms with Gasteiger partial charge in [0, 0.05) is 35.9 Å². The van der Waals surface area contributed by atoms with Crippen molar-refractivity contribution in [2.75, 3.05) is 30.4 Å². The summed E-state index contributed by atoms with van der Waals surface area (Å²) in [6, 6.07) is 8.59. The van der Waals surface area contributed by atoms with E-state index in [9.17, 15) is 4.79 Å². The predicted molar refractivity (Wildman–Crippen MR) is 90.2 cm³/mol. The number of hydrogen-bond acceptors (Lipinski definition) is 4. The molecule has 1 aromatic carbocycles. The van der Waals surface area contributed by atoms with Crippen LogP contribution in [0.25, 0.3) is 0 Å². The van der Waals surface area contributed by atoms with Gasteiger partial charge in [-0.1, -0.05) is 19.9 Å². The molecule has 1 heterocycles. The number of rotatable bonds is 6. The molecular formula is C17H27N3O2. The molecule has 0 bridgehead atoms. The van der Waals surface area contributed by atoms with Gasteiger partial charge in [-0.15, -0.1) is 0 Å². The molecule has 0 spiro atoms. The zero-order chi connectivity index (χ0) is 15.9. The molecule has 0 aliphatic carbocycles. The van der Waals surface area contributed by atoms with Crippen molar-refractivity contribution in [3.05, 3.63) is 24.3 Å². The number of hydrogen-bond donors (Lipinski definition) is 3. The summed E-state index contributed by atoms with van der Waals surface area (Å²) in [5.41, 5.74) is 1.85. The summed E-state index contributed by atoms with van der Waals surface area (Å²) in [5.74, 6) is 0.0154. The molecule has 3 N–H and O–H groups in total. The molecule has 0 saturated carbocycles. The van der Waals surface area contributed by atoms with Crippen LogP contribution in [0.15, 0.2) is 24.3 Å². The van der Waals surface area contributed by atoms with Gasteiger partial charge < -0.3 is 20.7 Å². The van der Waals surface area contributed by atoms with E-state index in [1.165, 1.54) is 0 Å². The van der Waals surface area contributed by atoms with E-state index in [2.05, 4.69) is 22.9 Å². The van der Waals surface area contributed by atoms with Crippen LogP contribution in [0.4, 0.5) is 11.4 Å². The first-order valence-corrected chi connectivity index (χ1v) is 8.03. The predicted octanol–water partition coefficient (Wildman–Crippen LogP) is 2.46. The summed E-state index contributed by atoms with van der Waals surface area (Å²) >= 11 is 0. The van der Waals surface area contributed by atoms with Gasteiger partial charge >= 0.3 is 0 Å². The van der Waals surface area contributed by atoms with Gasteiger partial charge in [-0.25, -0.2) is 0 Å². The van der Waals surface area contributed by atoms with Gasteiger partial charge in [0.1, 0.15) is 0 Å². The third kappa shape index (κ3) is 5.31. The minimum Gasteiger partial charge on any atom is -0.382 e. The number of benzene rings is 1. The van der Waals surface area contributed by atoms with Crippen LogP contribution in [0.3, 0.4) is 0 Å². The molecule has 0 radical (unpaired) electrons. The lowest BCUT2D eigenvalue weighted by atomic mass is 10.1. The monoisotopic (exact) mass is 305 g/mol. The molecule has 1 amide bonds. The first kappa shape index (κ1) is 16.8. The fraction of sp³-hybridized carbons (Fsp3) is 0.588. The van der Waals surface area contributed by atoms with E-state index in [0.717, 1.165) is 37.6 Å². The van der Waals surface area contributed by atoms with Crippen molar-refractivity contribution in [1.29, 1.82) is 0 Å². The maximum absolute atomic E-state index is 11.8. The minimum absolute atomic E-state index is 0.0204. The summed E-state index contributed by atoms with van der Waals surface area (Å²) in [6.07, 6.45) is 1.00. The Kier molecular flexibility index (Phi) is 6.21. The molecule has 2 unspecified atom stereocenters. The lowest BCUT2D eigenvalue weighted by Gasteiger charge is -2.27. The molecule has 1 saturated heterocycles. The second-order valence-corrected chi connectivity index (χ2v) is 6.23. The minimum atomic E-state index is -0.0204. The highest BCUT2D eigenvalue weighted by Crippen LogP contribution is 2.18. The van der Waals surface area contributed by atoms with Crippen molar-refractivity contribution < 1.29 is 9.53 Å². The fourth-order valence-electron chi connectivity index (χ4n) is 2.51. The second-order valence-electron chi connectivity index (χ2n) is 6.23. The second kappa shape index (κ2) is 8.15. The van der Waals surface area contributed by atoms with E-state index in [4.69, 9.17) is 4.74 Å². The third-order valence-corrected chi connectivity index (χ3v) is 3.70. The van der Waals surface area contributed by atoms with Gasteiger partial charge in [-0.2, -0.15) is 0 Å². The quantitative estimate of drug-likeness (QED) is 0.755. The van der Waals surface area contributed by atoms with E-state index >= 15 is 0 Å². The average molecular weight is 305 g/mol. The highest BCUT2D eigenvalue weighted by Gasteiger charge is 2.16. The Morgan fingerprint density at radius 1 is 1.36 bits per heavy atom. The van der Waals surface area contributed by atoms with Crippen LogP contribution >= 0.6 is 0 Å². The van der Waals surface area contributed by atoms with E-state index in [1.54, 1.807) is 0 Å². The Labute approximate surface area is 132 Å². The molecule has 2 atom stereocenters. The standard InChI is InChI=1S/C17H27N3O2/c1-12(2)17(21)20-15-6-4-5-14(10-15)19-13(3)9-16-11-22-8-7-18-16/h4-6,10,12-13,16,18-19H,7-9,11H2,1-3H3,(H,20,21). The fourth-order valence-corrected chi connectivity index (χ4v) is 2.51. The molecule has 22 heavy (non-hydrogen) atoms. The highest BCUT2D eigenvalue weighted by molar-refractivity contribution is 5.92. The Bertz CT molecular complexity index is 485. The average Bonchev–Trinajstić information content (AvgIpc) is 2.48. The lowest BCUT2D eigenvalue weighted by molar-refractivity contribution is -0.118. The number of ether oxygens (including phenoxy) is 1. The van der Waals surface area contributed by atoms with Crippen molar-refractivity contribution in [2.45, 2.75) is 39.3 Å². The topological polar surface area (TPSA) is 62.4 Å². The first-order valence-electron chi connectivity index (χ1n) is 8.03. The number of morpholine rings is 1. The molecule has 1 aromatic rings. The lowest BCUT2D eigenvalue weighted by Crippen LogP contribution is -2.43. The molecule has 1 aliphatic heterocycles. The Morgan fingerprint density at radius 3 is 2.82 bits per heavy atom. The molecule has 2 rings (SSSR count). The van der Waals surface area contributed by atoms with E-state index < -0.39 is 0 Å². The van der Waals surface area contributed by atoms with Crippen molar-refractivity contribution in [3.63, 3.8) is 0 Å². The number of carbonyl (C=O) groups excluding carboxylic acids is 1. The van der Waals surface area contributed by atoms with Crippen LogP contribution in [0.5, 0.6) is 0 Å². The summed E-state index contributed by atoms with van der Waals surface area (Å²) in [5, 5.41) is 9.87. The van der Waals surface area contributed by atoms with Gasteiger partial charge in [-0.3, -0.25) is 4.79 Å². The highest BCUT2D eigenvalue weighted by atomic mass is 16.5. The van der Waals surface area contributed by atoms with E-state index in [0.29, 0.717) is 12.1 Å². The maximum Gasteiger partial charge on any atom is 0.226 e. The van der Waals surface area contributed by atoms with Crippen molar-refractivity contribution in [2.24, 2.45) is 5.92 Å². The Morgan fingerprint density at radius 2 is 2.14 bits per heavy atom. The van der Waals surface area contributed by atoms with Gasteiger partial charge in [0.05, 0.1) is 13.2 Å². The molecule has 122 valence electrons. The molecule has 0 aromatic heterocycles. The third-order valence-electron chi connectivity index (χ3n) is 3.70. The van der Waals surface area contributed by atoms with Crippen LogP contribution in [0.1, 0.15) is 27.2 Å². The Balaban J connectivity index is 1.87. The molecule has 1 aliphatic rings. The normalized spacial score (nSPS) is 19.7. The SMILES string of the molecule is CC(CC1COCCN1)Nc1cccc(NC(=O)C(C)C)c1. The van der Waals surface area contributed by atoms with Crippen molar-refractivity contribution in [3.8, 4) is 0 Å². The van der Waals surface area contributed by atoms with Gasteiger partial charge in [0.25, 0.3) is 0 Å². The molecule has 5 nitrogen and oxygen atoms in total. The number of anilines is 2. The summed E-state index contributed by atoms with van der Waals surface area (Å²) < 4.78 is 5.48. The van der Waals surface area contributed by atoms with Crippen LogP contribution < -0.4 is 16.0 Å². The maximum atomic E-state index is 11.8. The van der Waals surface area contributed by atoms with E-state index in [1.807, 2.05) is 38.1 Å². The number of carbonyl (C=O) groups is 1. The van der Waals surface area contributed by atoms with Crippen LogP contribution in [0, 0.1) is 5.92 Å². The molecule has 5 heteroatoms. The largest absolute Gasteiger partial charge is 0.382 e. The van der Waals surface area contributed by atoms with E-state index in [-0.39, 0.29) is 11.8 Å². The first-order chi connectivity index (χ1) is 10.5.